The van der Waals surface area contributed by atoms with E-state index in [-0.39, 0.29) is 11.2 Å². The third kappa shape index (κ3) is 3.09. The minimum Gasteiger partial charge on any atom is -0.207 e. The highest BCUT2D eigenvalue weighted by molar-refractivity contribution is 9.10. The zero-order chi connectivity index (χ0) is 12.4. The lowest BCUT2D eigenvalue weighted by Gasteiger charge is -2.12. The molecular weight excluding hydrogens is 370 g/mol. The van der Waals surface area contributed by atoms with Crippen LogP contribution >= 0.6 is 43.5 Å². The summed E-state index contributed by atoms with van der Waals surface area (Å²) < 4.78 is 14.7. The number of hydrogen-bond acceptors (Lipinski definition) is 0. The molecule has 0 amide bonds. The fraction of sp³-hybridized carbons (Fsp3) is 0.0769. The van der Waals surface area contributed by atoms with Gasteiger partial charge in [0.25, 0.3) is 0 Å². The van der Waals surface area contributed by atoms with Crippen LogP contribution in [0.2, 0.25) is 0 Å². The van der Waals surface area contributed by atoms with Gasteiger partial charge in [0.1, 0.15) is 5.82 Å². The Kier molecular flexibility index (Phi) is 4.23. The van der Waals surface area contributed by atoms with Gasteiger partial charge < -0.3 is 0 Å². The van der Waals surface area contributed by atoms with Crippen molar-refractivity contribution in [2.24, 2.45) is 0 Å². The lowest BCUT2D eigenvalue weighted by Crippen LogP contribution is -1.95. The van der Waals surface area contributed by atoms with E-state index in [1.165, 1.54) is 12.1 Å². The lowest BCUT2D eigenvalue weighted by atomic mass is 10.0. The number of halogens is 4. The van der Waals surface area contributed by atoms with Crippen molar-refractivity contribution >= 4 is 43.5 Å². The van der Waals surface area contributed by atoms with Gasteiger partial charge in [-0.15, -0.1) is 11.6 Å². The topological polar surface area (TPSA) is 0 Å². The van der Waals surface area contributed by atoms with Gasteiger partial charge in [0, 0.05) is 8.95 Å². The predicted molar refractivity (Wildman–Crippen MR) is 75.9 cm³/mol. The molecule has 0 bridgehead atoms. The van der Waals surface area contributed by atoms with Crippen molar-refractivity contribution in [2.45, 2.75) is 5.38 Å². The Morgan fingerprint density at radius 1 is 1.00 bits per heavy atom. The molecule has 0 fully saturated rings. The van der Waals surface area contributed by atoms with Crippen LogP contribution in [-0.4, -0.2) is 0 Å². The second-order valence-electron chi connectivity index (χ2n) is 3.58. The van der Waals surface area contributed by atoms with Crippen LogP contribution in [0.1, 0.15) is 16.5 Å². The molecule has 1 atom stereocenters. The maximum absolute atomic E-state index is 13.0. The Hall–Kier alpha value is -0.380. The molecule has 2 rings (SSSR count). The molecule has 0 saturated carbocycles. The molecule has 0 radical (unpaired) electrons. The van der Waals surface area contributed by atoms with E-state index in [0.717, 1.165) is 15.6 Å². The van der Waals surface area contributed by atoms with Crippen molar-refractivity contribution in [3.05, 3.63) is 68.4 Å². The second kappa shape index (κ2) is 5.51. The van der Waals surface area contributed by atoms with E-state index in [2.05, 4.69) is 31.9 Å². The first-order valence-corrected chi connectivity index (χ1v) is 6.94. The van der Waals surface area contributed by atoms with Gasteiger partial charge in [-0.1, -0.05) is 50.1 Å². The summed E-state index contributed by atoms with van der Waals surface area (Å²) in [6.07, 6.45) is 0. The number of rotatable bonds is 2. The largest absolute Gasteiger partial charge is 0.207 e. The van der Waals surface area contributed by atoms with Gasteiger partial charge in [-0.25, -0.2) is 4.39 Å². The Bertz CT molecular complexity index is 525. The molecule has 1 unspecified atom stereocenters. The third-order valence-corrected chi connectivity index (χ3v) is 4.10. The van der Waals surface area contributed by atoms with Gasteiger partial charge in [-0.05, 0) is 35.4 Å². The second-order valence-corrected chi connectivity index (χ2v) is 5.79. The highest BCUT2D eigenvalue weighted by Crippen LogP contribution is 2.34. The van der Waals surface area contributed by atoms with E-state index in [1.54, 1.807) is 6.07 Å². The molecule has 0 heterocycles. The van der Waals surface area contributed by atoms with Crippen LogP contribution < -0.4 is 0 Å². The van der Waals surface area contributed by atoms with E-state index in [4.69, 9.17) is 11.6 Å². The van der Waals surface area contributed by atoms with E-state index in [9.17, 15) is 4.39 Å². The summed E-state index contributed by atoms with van der Waals surface area (Å²) in [6, 6.07) is 12.3. The minimum absolute atomic E-state index is 0.278. The van der Waals surface area contributed by atoms with Crippen LogP contribution in [0.4, 0.5) is 4.39 Å². The monoisotopic (exact) mass is 376 g/mol. The van der Waals surface area contributed by atoms with Crippen molar-refractivity contribution in [1.29, 1.82) is 0 Å². The van der Waals surface area contributed by atoms with Crippen LogP contribution in [0.5, 0.6) is 0 Å². The van der Waals surface area contributed by atoms with E-state index in [1.807, 2.05) is 24.3 Å². The third-order valence-electron chi connectivity index (χ3n) is 2.40. The summed E-state index contributed by atoms with van der Waals surface area (Å²) in [5.74, 6) is -0.278. The summed E-state index contributed by atoms with van der Waals surface area (Å²) in [6.45, 7) is 0. The standard InChI is InChI=1S/C13H8Br2ClF/c14-9-3-1-8(2-4-9)13(16)11-6-5-10(17)7-12(11)15/h1-7,13H. The summed E-state index contributed by atoms with van der Waals surface area (Å²) in [7, 11) is 0. The van der Waals surface area contributed by atoms with Gasteiger partial charge in [0.05, 0.1) is 5.38 Å². The summed E-state index contributed by atoms with van der Waals surface area (Å²) in [5, 5.41) is -0.293. The van der Waals surface area contributed by atoms with E-state index >= 15 is 0 Å². The zero-order valence-electron chi connectivity index (χ0n) is 8.63. The summed E-state index contributed by atoms with van der Waals surface area (Å²) >= 11 is 13.1. The smallest absolute Gasteiger partial charge is 0.124 e. The van der Waals surface area contributed by atoms with Crippen molar-refractivity contribution in [3.8, 4) is 0 Å². The molecule has 88 valence electrons. The normalized spacial score (nSPS) is 12.5. The van der Waals surface area contributed by atoms with Crippen LogP contribution in [0.25, 0.3) is 0 Å². The SMILES string of the molecule is Fc1ccc(C(Cl)c2ccc(Br)cc2)c(Br)c1. The van der Waals surface area contributed by atoms with E-state index < -0.39 is 0 Å². The van der Waals surface area contributed by atoms with E-state index in [0.29, 0.717) is 4.47 Å². The minimum atomic E-state index is -0.293. The molecule has 0 N–H and O–H groups in total. The summed E-state index contributed by atoms with van der Waals surface area (Å²) in [4.78, 5) is 0. The highest BCUT2D eigenvalue weighted by Gasteiger charge is 2.14. The van der Waals surface area contributed by atoms with Gasteiger partial charge in [-0.2, -0.15) is 0 Å². The van der Waals surface area contributed by atoms with Gasteiger partial charge in [0.15, 0.2) is 0 Å². The Morgan fingerprint density at radius 2 is 1.65 bits per heavy atom. The maximum Gasteiger partial charge on any atom is 0.124 e. The van der Waals surface area contributed by atoms with Crippen molar-refractivity contribution in [1.82, 2.24) is 0 Å². The van der Waals surface area contributed by atoms with Gasteiger partial charge >= 0.3 is 0 Å². The van der Waals surface area contributed by atoms with Crippen LogP contribution in [0.3, 0.4) is 0 Å². The molecule has 17 heavy (non-hydrogen) atoms. The Morgan fingerprint density at radius 3 is 2.24 bits per heavy atom. The fourth-order valence-corrected chi connectivity index (χ4v) is 2.83. The lowest BCUT2D eigenvalue weighted by molar-refractivity contribution is 0.626. The van der Waals surface area contributed by atoms with Crippen LogP contribution in [0.15, 0.2) is 51.4 Å². The Balaban J connectivity index is 2.36. The predicted octanol–water partition coefficient (Wildman–Crippen LogP) is 5.68. The van der Waals surface area contributed by atoms with Crippen molar-refractivity contribution in [2.75, 3.05) is 0 Å². The fourth-order valence-electron chi connectivity index (χ4n) is 1.52. The molecule has 0 aliphatic heterocycles. The number of alkyl halides is 1. The highest BCUT2D eigenvalue weighted by atomic mass is 79.9. The molecule has 0 aliphatic carbocycles. The van der Waals surface area contributed by atoms with Gasteiger partial charge in [0.2, 0.25) is 0 Å². The molecular formula is C13H8Br2ClF. The number of benzene rings is 2. The van der Waals surface area contributed by atoms with Gasteiger partial charge in [-0.3, -0.25) is 0 Å². The molecule has 2 aromatic carbocycles. The quantitative estimate of drug-likeness (QED) is 0.590. The summed E-state index contributed by atoms with van der Waals surface area (Å²) in [5.41, 5.74) is 1.83. The van der Waals surface area contributed by atoms with Crippen molar-refractivity contribution < 1.29 is 4.39 Å². The maximum atomic E-state index is 13.0. The van der Waals surface area contributed by atoms with Crippen LogP contribution in [0, 0.1) is 5.82 Å². The molecule has 4 heteroatoms. The average molecular weight is 378 g/mol. The van der Waals surface area contributed by atoms with Crippen LogP contribution in [-0.2, 0) is 0 Å². The first-order valence-electron chi connectivity index (χ1n) is 4.92. The molecule has 0 spiro atoms. The first-order chi connectivity index (χ1) is 8.08. The number of hydrogen-bond donors (Lipinski definition) is 0. The molecule has 2 aromatic rings. The molecule has 0 aromatic heterocycles. The van der Waals surface area contributed by atoms with Crippen molar-refractivity contribution in [3.63, 3.8) is 0 Å². The average Bonchev–Trinajstić information content (AvgIpc) is 2.29. The Labute approximate surface area is 121 Å². The first kappa shape index (κ1) is 13.1. The zero-order valence-corrected chi connectivity index (χ0v) is 12.6. The molecule has 0 aliphatic rings. The molecule has 0 nitrogen and oxygen atoms in total. The molecule has 0 saturated heterocycles.